The minimum Gasteiger partial charge on any atom is -0.462 e. The van der Waals surface area contributed by atoms with Gasteiger partial charge in [-0.25, -0.2) is 9.78 Å². The number of amides is 1. The second-order valence-electron chi connectivity index (χ2n) is 2.83. The molecule has 0 aliphatic rings. The Morgan fingerprint density at radius 3 is 2.87 bits per heavy atom. The lowest BCUT2D eigenvalue weighted by Crippen LogP contribution is -2.33. The Kier molecular flexibility index (Phi) is 3.78. The molecule has 1 amide bonds. The Hall–Kier alpha value is -1.92. The van der Waals surface area contributed by atoms with Crippen LogP contribution in [0.25, 0.3) is 0 Å². The number of carbonyl (C=O) groups is 2. The van der Waals surface area contributed by atoms with E-state index in [9.17, 15) is 9.59 Å². The van der Waals surface area contributed by atoms with E-state index in [2.05, 4.69) is 20.1 Å². The van der Waals surface area contributed by atoms with Crippen molar-refractivity contribution in [3.05, 3.63) is 12.2 Å². The first-order valence-corrected chi connectivity index (χ1v) is 4.34. The highest BCUT2D eigenvalue weighted by molar-refractivity contribution is 6.32. The van der Waals surface area contributed by atoms with Crippen LogP contribution in [0.5, 0.6) is 0 Å². The highest BCUT2D eigenvalue weighted by atomic mass is 16.5. The molecule has 0 aliphatic heterocycles. The first-order chi connectivity index (χ1) is 7.13. The zero-order valence-corrected chi connectivity index (χ0v) is 8.56. The highest BCUT2D eigenvalue weighted by Gasteiger charge is 2.12. The van der Waals surface area contributed by atoms with Crippen LogP contribution in [-0.2, 0) is 27.8 Å². The number of hydrogen-bond acceptors (Lipinski definition) is 5. The Morgan fingerprint density at radius 1 is 1.60 bits per heavy atom. The molecule has 15 heavy (non-hydrogen) atoms. The summed E-state index contributed by atoms with van der Waals surface area (Å²) in [7, 11) is 2.91. The molecule has 0 atom stereocenters. The zero-order chi connectivity index (χ0) is 11.3. The summed E-state index contributed by atoms with van der Waals surface area (Å²) in [5.74, 6) is -1.04. The number of ether oxygens (including phenoxy) is 1. The standard InChI is InChI=1S/C8H12N4O3/c1-12-5-10-6(11-12)3-4-9-7(13)8(14)15-2/h5H,3-4H2,1-2H3,(H,9,13). The summed E-state index contributed by atoms with van der Waals surface area (Å²) in [6.07, 6.45) is 2.04. The molecule has 0 spiro atoms. The van der Waals surface area contributed by atoms with Crippen molar-refractivity contribution in [2.24, 2.45) is 7.05 Å². The van der Waals surface area contributed by atoms with Gasteiger partial charge in [-0.2, -0.15) is 5.10 Å². The second-order valence-corrected chi connectivity index (χ2v) is 2.83. The molecule has 0 aromatic carbocycles. The Balaban J connectivity index is 2.27. The largest absolute Gasteiger partial charge is 0.462 e. The molecule has 7 heteroatoms. The van der Waals surface area contributed by atoms with Gasteiger partial charge in [-0.1, -0.05) is 0 Å². The van der Waals surface area contributed by atoms with Crippen LogP contribution in [-0.4, -0.2) is 40.3 Å². The summed E-state index contributed by atoms with van der Waals surface area (Å²) < 4.78 is 5.80. The molecule has 0 fully saturated rings. The van der Waals surface area contributed by atoms with E-state index in [1.54, 1.807) is 18.1 Å². The van der Waals surface area contributed by atoms with E-state index in [0.717, 1.165) is 7.11 Å². The van der Waals surface area contributed by atoms with Crippen LogP contribution in [0.2, 0.25) is 0 Å². The topological polar surface area (TPSA) is 86.1 Å². The fraction of sp³-hybridized carbons (Fsp3) is 0.500. The summed E-state index contributed by atoms with van der Waals surface area (Å²) in [6.45, 7) is 0.304. The number of carbonyl (C=O) groups excluding carboxylic acids is 2. The van der Waals surface area contributed by atoms with Gasteiger partial charge in [0.2, 0.25) is 0 Å². The number of methoxy groups -OCH3 is 1. The summed E-state index contributed by atoms with van der Waals surface area (Å²) in [6, 6.07) is 0. The van der Waals surface area contributed by atoms with Gasteiger partial charge in [0.1, 0.15) is 6.33 Å². The normalized spacial score (nSPS) is 9.73. The van der Waals surface area contributed by atoms with Gasteiger partial charge in [-0.3, -0.25) is 9.48 Å². The summed E-state index contributed by atoms with van der Waals surface area (Å²) in [5, 5.41) is 6.40. The average Bonchev–Trinajstić information content (AvgIpc) is 2.63. The lowest BCUT2D eigenvalue weighted by atomic mass is 10.4. The summed E-state index contributed by atoms with van der Waals surface area (Å²) >= 11 is 0. The molecule has 1 aromatic rings. The maximum absolute atomic E-state index is 10.9. The predicted octanol–water partition coefficient (Wildman–Crippen LogP) is -1.35. The van der Waals surface area contributed by atoms with Crippen molar-refractivity contribution in [1.29, 1.82) is 0 Å². The quantitative estimate of drug-likeness (QED) is 0.494. The molecule has 0 unspecified atom stereocenters. The predicted molar refractivity (Wildman–Crippen MR) is 49.7 cm³/mol. The molecule has 0 radical (unpaired) electrons. The van der Waals surface area contributed by atoms with Crippen LogP contribution in [0.4, 0.5) is 0 Å². The average molecular weight is 212 g/mol. The van der Waals surface area contributed by atoms with Crippen molar-refractivity contribution in [3.8, 4) is 0 Å². The number of aryl methyl sites for hydroxylation is 1. The molecule has 7 nitrogen and oxygen atoms in total. The van der Waals surface area contributed by atoms with Crippen LogP contribution in [0.15, 0.2) is 6.33 Å². The maximum atomic E-state index is 10.9. The van der Waals surface area contributed by atoms with E-state index in [1.807, 2.05) is 0 Å². The fourth-order valence-corrected chi connectivity index (χ4v) is 0.951. The second kappa shape index (κ2) is 5.08. The smallest absolute Gasteiger partial charge is 0.396 e. The molecular weight excluding hydrogens is 200 g/mol. The van der Waals surface area contributed by atoms with Crippen LogP contribution < -0.4 is 5.32 Å². The molecule has 82 valence electrons. The van der Waals surface area contributed by atoms with E-state index in [4.69, 9.17) is 0 Å². The summed E-state index contributed by atoms with van der Waals surface area (Å²) in [4.78, 5) is 25.6. The molecule has 0 bridgehead atoms. The van der Waals surface area contributed by atoms with Crippen molar-refractivity contribution in [1.82, 2.24) is 20.1 Å². The third kappa shape index (κ3) is 3.37. The highest BCUT2D eigenvalue weighted by Crippen LogP contribution is 1.88. The van der Waals surface area contributed by atoms with E-state index in [0.29, 0.717) is 18.8 Å². The first kappa shape index (κ1) is 11.2. The minimum atomic E-state index is -0.899. The lowest BCUT2D eigenvalue weighted by molar-refractivity contribution is -0.152. The van der Waals surface area contributed by atoms with Gasteiger partial charge in [0.25, 0.3) is 0 Å². The van der Waals surface area contributed by atoms with Gasteiger partial charge in [0.15, 0.2) is 5.82 Å². The van der Waals surface area contributed by atoms with Crippen LogP contribution in [0.3, 0.4) is 0 Å². The molecule has 1 N–H and O–H groups in total. The van der Waals surface area contributed by atoms with Crippen molar-refractivity contribution < 1.29 is 14.3 Å². The van der Waals surface area contributed by atoms with Crippen molar-refractivity contribution in [3.63, 3.8) is 0 Å². The van der Waals surface area contributed by atoms with Gasteiger partial charge in [-0.05, 0) is 0 Å². The molecule has 1 rings (SSSR count). The van der Waals surface area contributed by atoms with E-state index >= 15 is 0 Å². The van der Waals surface area contributed by atoms with Gasteiger partial charge >= 0.3 is 11.9 Å². The first-order valence-electron chi connectivity index (χ1n) is 4.34. The lowest BCUT2D eigenvalue weighted by Gasteiger charge is -2.00. The Labute approximate surface area is 86.4 Å². The van der Waals surface area contributed by atoms with E-state index in [-0.39, 0.29) is 0 Å². The minimum absolute atomic E-state index is 0.304. The number of nitrogens with zero attached hydrogens (tertiary/aromatic N) is 3. The molecule has 0 aliphatic carbocycles. The van der Waals surface area contributed by atoms with Crippen molar-refractivity contribution in [2.75, 3.05) is 13.7 Å². The van der Waals surface area contributed by atoms with Crippen LogP contribution in [0.1, 0.15) is 5.82 Å². The molecular formula is C8H12N4O3. The number of aromatic nitrogens is 3. The number of rotatable bonds is 3. The maximum Gasteiger partial charge on any atom is 0.396 e. The van der Waals surface area contributed by atoms with Crippen molar-refractivity contribution in [2.45, 2.75) is 6.42 Å². The van der Waals surface area contributed by atoms with Gasteiger partial charge < -0.3 is 10.1 Å². The number of nitrogens with one attached hydrogen (secondary N) is 1. The SMILES string of the molecule is COC(=O)C(=O)NCCc1ncn(C)n1. The van der Waals surface area contributed by atoms with Crippen LogP contribution in [0, 0.1) is 0 Å². The number of esters is 1. The van der Waals surface area contributed by atoms with E-state index < -0.39 is 11.9 Å². The molecule has 1 heterocycles. The summed E-state index contributed by atoms with van der Waals surface area (Å²) in [5.41, 5.74) is 0. The van der Waals surface area contributed by atoms with Gasteiger partial charge in [-0.15, -0.1) is 0 Å². The zero-order valence-electron chi connectivity index (χ0n) is 8.56. The molecule has 0 saturated heterocycles. The molecule has 1 aromatic heterocycles. The van der Waals surface area contributed by atoms with Gasteiger partial charge in [0.05, 0.1) is 7.11 Å². The monoisotopic (exact) mass is 212 g/mol. The van der Waals surface area contributed by atoms with Gasteiger partial charge in [0, 0.05) is 20.0 Å². The third-order valence-corrected chi connectivity index (χ3v) is 1.65. The van der Waals surface area contributed by atoms with Crippen LogP contribution >= 0.6 is 0 Å². The Bertz CT molecular complexity index is 361. The fourth-order valence-electron chi connectivity index (χ4n) is 0.951. The third-order valence-electron chi connectivity index (χ3n) is 1.65. The van der Waals surface area contributed by atoms with Crippen molar-refractivity contribution >= 4 is 11.9 Å². The molecule has 0 saturated carbocycles. The van der Waals surface area contributed by atoms with E-state index in [1.165, 1.54) is 0 Å². The Morgan fingerprint density at radius 2 is 2.33 bits per heavy atom. The number of hydrogen-bond donors (Lipinski definition) is 1.